The summed E-state index contributed by atoms with van der Waals surface area (Å²) in [6.07, 6.45) is 13.0. The molecule has 0 radical (unpaired) electrons. The standard InChI is InChI=1S/C32H39N3O4S2/c1-23-16-18-26-25(21-23)32(2,3)29(35(26)20-12-8-11-15-31(36)37)13-9-7-10-14-30-34(6)27-19-17-24(22-28(27)40-30)41(38,39)33(4)5/h7,9-10,13-14,16-19,21-22H,8,11-12,15,20H2,1-6H3/p+1. The fraction of sp³-hybridized carbons (Fsp3) is 0.375. The highest BCUT2D eigenvalue weighted by Crippen LogP contribution is 2.48. The maximum atomic E-state index is 12.6. The number of thiazole rings is 1. The zero-order chi connectivity index (χ0) is 29.9. The van der Waals surface area contributed by atoms with Crippen molar-refractivity contribution in [2.45, 2.75) is 56.8 Å². The summed E-state index contributed by atoms with van der Waals surface area (Å²) in [7, 11) is 1.58. The molecule has 41 heavy (non-hydrogen) atoms. The summed E-state index contributed by atoms with van der Waals surface area (Å²) in [6.45, 7) is 7.48. The van der Waals surface area contributed by atoms with E-state index in [1.54, 1.807) is 23.5 Å². The molecule has 9 heteroatoms. The highest BCUT2D eigenvalue weighted by molar-refractivity contribution is 7.89. The van der Waals surface area contributed by atoms with Gasteiger partial charge in [-0.25, -0.2) is 12.7 Å². The molecule has 3 aromatic rings. The third kappa shape index (κ3) is 6.47. The molecule has 0 saturated carbocycles. The molecule has 0 atom stereocenters. The van der Waals surface area contributed by atoms with Crippen molar-refractivity contribution in [2.24, 2.45) is 7.05 Å². The number of carboxylic acid groups (broad SMARTS) is 1. The minimum Gasteiger partial charge on any atom is -0.481 e. The first kappa shape index (κ1) is 30.7. The number of aryl methyl sites for hydroxylation is 2. The lowest BCUT2D eigenvalue weighted by atomic mass is 9.83. The summed E-state index contributed by atoms with van der Waals surface area (Å²) in [4.78, 5) is 13.6. The van der Waals surface area contributed by atoms with Gasteiger partial charge in [-0.05, 0) is 49.6 Å². The van der Waals surface area contributed by atoms with Gasteiger partial charge in [0.2, 0.25) is 15.5 Å². The SMILES string of the molecule is Cc1ccc2c(c1)C(C)(C)\C(=C/C=C/C=C/c1sc3cc(S(=O)(=O)N(C)C)ccc3[n+]1C)N2CCCCCC(=O)O. The summed E-state index contributed by atoms with van der Waals surface area (Å²) >= 11 is 1.56. The Morgan fingerprint density at radius 3 is 2.54 bits per heavy atom. The highest BCUT2D eigenvalue weighted by atomic mass is 32.2. The number of unbranched alkanes of at least 4 members (excludes halogenated alkanes) is 2. The zero-order valence-electron chi connectivity index (χ0n) is 24.7. The normalized spacial score (nSPS) is 16.2. The Hall–Kier alpha value is -3.27. The average molecular weight is 595 g/mol. The molecule has 0 amide bonds. The molecule has 0 unspecified atom stereocenters. The minimum atomic E-state index is -3.49. The van der Waals surface area contributed by atoms with E-state index in [2.05, 4.69) is 60.6 Å². The van der Waals surface area contributed by atoms with Crippen molar-refractivity contribution in [1.29, 1.82) is 0 Å². The fourth-order valence-corrected chi connectivity index (χ4v) is 7.38. The molecule has 2 aromatic carbocycles. The number of aromatic nitrogens is 1. The van der Waals surface area contributed by atoms with Crippen LogP contribution >= 0.6 is 11.3 Å². The zero-order valence-corrected chi connectivity index (χ0v) is 26.3. The molecule has 0 fully saturated rings. The lowest BCUT2D eigenvalue weighted by Gasteiger charge is -2.27. The number of allylic oxidation sites excluding steroid dienone is 5. The Labute approximate surface area is 247 Å². The van der Waals surface area contributed by atoms with Gasteiger partial charge in [-0.15, -0.1) is 0 Å². The largest absolute Gasteiger partial charge is 0.481 e. The fourth-order valence-electron chi connectivity index (χ4n) is 5.27. The molecule has 0 saturated heterocycles. The number of benzene rings is 2. The summed E-state index contributed by atoms with van der Waals surface area (Å²) in [5, 5.41) is 9.98. The quantitative estimate of drug-likeness (QED) is 0.163. The minimum absolute atomic E-state index is 0.154. The summed E-state index contributed by atoms with van der Waals surface area (Å²) in [6, 6.07) is 11.9. The van der Waals surface area contributed by atoms with Crippen LogP contribution in [0, 0.1) is 6.92 Å². The van der Waals surface area contributed by atoms with E-state index in [9.17, 15) is 13.2 Å². The van der Waals surface area contributed by atoms with Crippen LogP contribution in [0.1, 0.15) is 55.7 Å². The van der Waals surface area contributed by atoms with E-state index >= 15 is 0 Å². The summed E-state index contributed by atoms with van der Waals surface area (Å²) < 4.78 is 29.3. The van der Waals surface area contributed by atoms with Gasteiger partial charge in [0.1, 0.15) is 11.7 Å². The number of sulfonamides is 1. The van der Waals surface area contributed by atoms with Crippen molar-refractivity contribution in [3.8, 4) is 0 Å². The van der Waals surface area contributed by atoms with Crippen LogP contribution in [0.2, 0.25) is 0 Å². The molecule has 2 heterocycles. The van der Waals surface area contributed by atoms with Crippen LogP contribution in [0.25, 0.3) is 16.3 Å². The summed E-state index contributed by atoms with van der Waals surface area (Å²) in [5.41, 5.74) is 5.83. The smallest absolute Gasteiger partial charge is 0.303 e. The first-order chi connectivity index (χ1) is 19.3. The third-order valence-electron chi connectivity index (χ3n) is 7.65. The molecular weight excluding hydrogens is 555 g/mol. The molecule has 0 bridgehead atoms. The number of fused-ring (bicyclic) bond motifs is 2. The van der Waals surface area contributed by atoms with Crippen LogP contribution in [0.5, 0.6) is 0 Å². The third-order valence-corrected chi connectivity index (χ3v) is 10.6. The van der Waals surface area contributed by atoms with Gasteiger partial charge in [0.05, 0.1) is 4.90 Å². The Morgan fingerprint density at radius 2 is 1.83 bits per heavy atom. The molecule has 0 spiro atoms. The first-order valence-electron chi connectivity index (χ1n) is 13.8. The number of carbonyl (C=O) groups is 1. The van der Waals surface area contributed by atoms with Crippen molar-refractivity contribution in [2.75, 3.05) is 25.5 Å². The van der Waals surface area contributed by atoms with Crippen LogP contribution in [-0.2, 0) is 27.3 Å². The van der Waals surface area contributed by atoms with Crippen molar-refractivity contribution >= 4 is 49.3 Å². The maximum Gasteiger partial charge on any atom is 0.303 e. The number of hydrogen-bond donors (Lipinski definition) is 1. The van der Waals surface area contributed by atoms with E-state index in [4.69, 9.17) is 5.11 Å². The Balaban J connectivity index is 1.55. The molecule has 1 aliphatic rings. The number of rotatable bonds is 11. The van der Waals surface area contributed by atoms with E-state index in [-0.39, 0.29) is 11.8 Å². The van der Waals surface area contributed by atoms with Gasteiger partial charge < -0.3 is 10.0 Å². The molecule has 1 N–H and O–H groups in total. The highest BCUT2D eigenvalue weighted by Gasteiger charge is 2.39. The van der Waals surface area contributed by atoms with Crippen LogP contribution in [0.15, 0.2) is 71.3 Å². The van der Waals surface area contributed by atoms with Gasteiger partial charge in [-0.2, -0.15) is 4.57 Å². The Kier molecular flexibility index (Phi) is 9.21. The number of nitrogens with zero attached hydrogens (tertiary/aromatic N) is 3. The van der Waals surface area contributed by atoms with Crippen molar-refractivity contribution in [1.82, 2.24) is 4.31 Å². The molecular formula is C32H40N3O4S2+. The number of carboxylic acids is 1. The van der Waals surface area contributed by atoms with Gasteiger partial charge in [-0.3, -0.25) is 4.79 Å². The number of anilines is 1. The van der Waals surface area contributed by atoms with E-state index < -0.39 is 16.0 Å². The van der Waals surface area contributed by atoms with Crippen molar-refractivity contribution in [3.05, 3.63) is 82.5 Å². The lowest BCUT2D eigenvalue weighted by Crippen LogP contribution is -2.29. The van der Waals surface area contributed by atoms with Crippen LogP contribution in [-0.4, -0.2) is 44.4 Å². The lowest BCUT2D eigenvalue weighted by molar-refractivity contribution is -0.642. The van der Waals surface area contributed by atoms with Crippen LogP contribution < -0.4 is 9.47 Å². The predicted molar refractivity (Wildman–Crippen MR) is 168 cm³/mol. The predicted octanol–water partition coefficient (Wildman–Crippen LogP) is 6.18. The van der Waals surface area contributed by atoms with E-state index in [0.717, 1.165) is 34.6 Å². The van der Waals surface area contributed by atoms with Crippen LogP contribution in [0.4, 0.5) is 5.69 Å². The van der Waals surface area contributed by atoms with E-state index in [1.165, 1.54) is 40.9 Å². The molecule has 0 aliphatic carbocycles. The van der Waals surface area contributed by atoms with E-state index in [1.807, 2.05) is 31.3 Å². The van der Waals surface area contributed by atoms with Gasteiger partial charge in [0.15, 0.2) is 0 Å². The molecule has 7 nitrogen and oxygen atoms in total. The number of aliphatic carboxylic acids is 1. The molecule has 1 aliphatic heterocycles. The first-order valence-corrected chi connectivity index (χ1v) is 16.1. The van der Waals surface area contributed by atoms with E-state index in [0.29, 0.717) is 11.3 Å². The Bertz CT molecular complexity index is 1650. The average Bonchev–Trinajstić information content (AvgIpc) is 3.33. The second-order valence-electron chi connectivity index (χ2n) is 11.2. The summed E-state index contributed by atoms with van der Waals surface area (Å²) in [5.74, 6) is -0.738. The van der Waals surface area contributed by atoms with Gasteiger partial charge in [0.25, 0.3) is 5.01 Å². The van der Waals surface area contributed by atoms with Gasteiger partial charge in [0, 0.05) is 56.0 Å². The maximum absolute atomic E-state index is 12.6. The monoisotopic (exact) mass is 594 g/mol. The van der Waals surface area contributed by atoms with Crippen molar-refractivity contribution < 1.29 is 22.9 Å². The van der Waals surface area contributed by atoms with Crippen molar-refractivity contribution in [3.63, 3.8) is 0 Å². The van der Waals surface area contributed by atoms with Crippen LogP contribution in [0.3, 0.4) is 0 Å². The molecule has 218 valence electrons. The number of hydrogen-bond acceptors (Lipinski definition) is 5. The van der Waals surface area contributed by atoms with Gasteiger partial charge >= 0.3 is 5.97 Å². The van der Waals surface area contributed by atoms with Gasteiger partial charge in [-0.1, -0.05) is 67.5 Å². The molecule has 1 aromatic heterocycles. The molecule has 4 rings (SSSR count). The second-order valence-corrected chi connectivity index (χ2v) is 14.4. The second kappa shape index (κ2) is 12.3. The topological polar surface area (TPSA) is 81.8 Å². The Morgan fingerprint density at radius 1 is 1.07 bits per heavy atom.